The fourth-order valence-electron chi connectivity index (χ4n) is 4.02. The molecular weight excluding hydrogens is 356 g/mol. The Bertz CT molecular complexity index is 914. The lowest BCUT2D eigenvalue weighted by Gasteiger charge is -2.29. The molecule has 0 saturated carbocycles. The molecule has 1 unspecified atom stereocenters. The van der Waals surface area contributed by atoms with Gasteiger partial charge in [-0.25, -0.2) is 9.97 Å². The number of carbonyl (C=O) groups is 2. The Morgan fingerprint density at radius 2 is 2.04 bits per heavy atom. The number of methoxy groups -OCH3 is 1. The molecule has 1 atom stereocenters. The zero-order valence-corrected chi connectivity index (χ0v) is 16.2. The zero-order chi connectivity index (χ0) is 19.7. The SMILES string of the molecule is COc1ccccc1C(=O)N1CCCC1c1ncc2c(n1)CCN(C(C)=O)C2. The molecule has 4 rings (SSSR count). The molecule has 1 saturated heterocycles. The van der Waals surface area contributed by atoms with E-state index in [1.807, 2.05) is 23.2 Å². The van der Waals surface area contributed by atoms with E-state index in [9.17, 15) is 9.59 Å². The molecule has 1 aromatic carbocycles. The summed E-state index contributed by atoms with van der Waals surface area (Å²) < 4.78 is 5.36. The van der Waals surface area contributed by atoms with Gasteiger partial charge in [0.2, 0.25) is 5.91 Å². The van der Waals surface area contributed by atoms with Crippen molar-refractivity contribution >= 4 is 11.8 Å². The highest BCUT2D eigenvalue weighted by molar-refractivity contribution is 5.97. The maximum absolute atomic E-state index is 13.2. The van der Waals surface area contributed by atoms with Crippen LogP contribution in [0, 0.1) is 0 Å². The Kier molecular flexibility index (Phi) is 4.98. The summed E-state index contributed by atoms with van der Waals surface area (Å²) in [4.78, 5) is 37.8. The van der Waals surface area contributed by atoms with Crippen LogP contribution in [0.15, 0.2) is 30.5 Å². The summed E-state index contributed by atoms with van der Waals surface area (Å²) in [6, 6.07) is 7.16. The first-order valence-electron chi connectivity index (χ1n) is 9.62. The van der Waals surface area contributed by atoms with E-state index in [2.05, 4.69) is 4.98 Å². The van der Waals surface area contributed by atoms with Gasteiger partial charge in [-0.05, 0) is 25.0 Å². The van der Waals surface area contributed by atoms with Crippen LogP contribution in [0.1, 0.15) is 53.2 Å². The number of hydrogen-bond acceptors (Lipinski definition) is 5. The number of aromatic nitrogens is 2. The first kappa shape index (κ1) is 18.4. The Morgan fingerprint density at radius 1 is 1.21 bits per heavy atom. The smallest absolute Gasteiger partial charge is 0.258 e. The summed E-state index contributed by atoms with van der Waals surface area (Å²) in [5, 5.41) is 0. The highest BCUT2D eigenvalue weighted by atomic mass is 16.5. The molecule has 0 spiro atoms. The summed E-state index contributed by atoms with van der Waals surface area (Å²) in [7, 11) is 1.57. The van der Waals surface area contributed by atoms with Crippen molar-refractivity contribution < 1.29 is 14.3 Å². The molecule has 0 aliphatic carbocycles. The van der Waals surface area contributed by atoms with Crippen LogP contribution in [0.3, 0.4) is 0 Å². The van der Waals surface area contributed by atoms with Gasteiger partial charge in [0, 0.05) is 44.7 Å². The normalized spacial score (nSPS) is 18.7. The monoisotopic (exact) mass is 380 g/mol. The van der Waals surface area contributed by atoms with Gasteiger partial charge in [-0.1, -0.05) is 12.1 Å². The van der Waals surface area contributed by atoms with Gasteiger partial charge in [0.1, 0.15) is 5.75 Å². The van der Waals surface area contributed by atoms with Gasteiger partial charge in [-0.3, -0.25) is 9.59 Å². The molecule has 7 nitrogen and oxygen atoms in total. The molecule has 28 heavy (non-hydrogen) atoms. The molecule has 0 bridgehead atoms. The van der Waals surface area contributed by atoms with Crippen molar-refractivity contribution in [3.05, 3.63) is 53.1 Å². The molecule has 3 heterocycles. The Morgan fingerprint density at radius 3 is 2.82 bits per heavy atom. The number of likely N-dealkylation sites (tertiary alicyclic amines) is 1. The van der Waals surface area contributed by atoms with Crippen molar-refractivity contribution in [2.24, 2.45) is 0 Å². The second-order valence-electron chi connectivity index (χ2n) is 7.25. The maximum atomic E-state index is 13.2. The van der Waals surface area contributed by atoms with Crippen LogP contribution in [-0.4, -0.2) is 51.8 Å². The second kappa shape index (κ2) is 7.58. The third kappa shape index (κ3) is 3.32. The standard InChI is InChI=1S/C21H24N4O3/c1-14(26)24-11-9-17-15(13-24)12-22-20(23-17)18-7-5-10-25(18)21(27)16-6-3-4-8-19(16)28-2/h3-4,6,8,12,18H,5,7,9-11,13H2,1-2H3. The highest BCUT2D eigenvalue weighted by Crippen LogP contribution is 2.33. The van der Waals surface area contributed by atoms with E-state index in [4.69, 9.17) is 9.72 Å². The first-order valence-corrected chi connectivity index (χ1v) is 9.62. The molecule has 146 valence electrons. The summed E-state index contributed by atoms with van der Waals surface area (Å²) in [6.45, 7) is 3.49. The average Bonchev–Trinajstić information content (AvgIpc) is 3.22. The number of nitrogens with zero attached hydrogens (tertiary/aromatic N) is 4. The molecule has 7 heteroatoms. The lowest BCUT2D eigenvalue weighted by Crippen LogP contribution is -2.36. The van der Waals surface area contributed by atoms with E-state index in [0.29, 0.717) is 36.8 Å². The van der Waals surface area contributed by atoms with Gasteiger partial charge in [-0.2, -0.15) is 0 Å². The van der Waals surface area contributed by atoms with Crippen LogP contribution < -0.4 is 4.74 Å². The molecule has 2 aliphatic rings. The number of ether oxygens (including phenoxy) is 1. The van der Waals surface area contributed by atoms with Crippen molar-refractivity contribution in [3.63, 3.8) is 0 Å². The number of amides is 2. The van der Waals surface area contributed by atoms with Gasteiger partial charge in [0.15, 0.2) is 5.82 Å². The number of rotatable bonds is 3. The molecule has 1 aromatic heterocycles. The minimum absolute atomic E-state index is 0.0518. The van der Waals surface area contributed by atoms with Crippen LogP contribution in [0.4, 0.5) is 0 Å². The van der Waals surface area contributed by atoms with E-state index < -0.39 is 0 Å². The summed E-state index contributed by atoms with van der Waals surface area (Å²) in [6.07, 6.45) is 4.30. The van der Waals surface area contributed by atoms with E-state index >= 15 is 0 Å². The van der Waals surface area contributed by atoms with Gasteiger partial charge in [0.25, 0.3) is 5.91 Å². The Hall–Kier alpha value is -2.96. The second-order valence-corrected chi connectivity index (χ2v) is 7.25. The number of hydrogen-bond donors (Lipinski definition) is 0. The Labute approximate surface area is 164 Å². The van der Waals surface area contributed by atoms with E-state index in [1.165, 1.54) is 0 Å². The third-order valence-electron chi connectivity index (χ3n) is 5.55. The lowest BCUT2D eigenvalue weighted by molar-refractivity contribution is -0.129. The van der Waals surface area contributed by atoms with Crippen molar-refractivity contribution in [2.75, 3.05) is 20.2 Å². The van der Waals surface area contributed by atoms with Gasteiger partial charge in [-0.15, -0.1) is 0 Å². The number of fused-ring (bicyclic) bond motifs is 1. The van der Waals surface area contributed by atoms with Crippen LogP contribution in [0.25, 0.3) is 0 Å². The average molecular weight is 380 g/mol. The zero-order valence-electron chi connectivity index (χ0n) is 16.2. The van der Waals surface area contributed by atoms with Crippen molar-refractivity contribution in [1.82, 2.24) is 19.8 Å². The quantitative estimate of drug-likeness (QED) is 0.817. The first-order chi connectivity index (χ1) is 13.6. The predicted molar refractivity (Wildman–Crippen MR) is 103 cm³/mol. The molecule has 2 aromatic rings. The van der Waals surface area contributed by atoms with Gasteiger partial charge in [0.05, 0.1) is 24.4 Å². The Balaban J connectivity index is 1.59. The van der Waals surface area contributed by atoms with E-state index in [0.717, 1.165) is 30.5 Å². The lowest BCUT2D eigenvalue weighted by atomic mass is 10.1. The molecule has 2 amide bonds. The maximum Gasteiger partial charge on any atom is 0.258 e. The minimum atomic E-state index is -0.131. The topological polar surface area (TPSA) is 75.6 Å². The van der Waals surface area contributed by atoms with Crippen LogP contribution >= 0.6 is 0 Å². The van der Waals surface area contributed by atoms with E-state index in [1.54, 1.807) is 31.1 Å². The third-order valence-corrected chi connectivity index (χ3v) is 5.55. The molecule has 0 N–H and O–H groups in total. The van der Waals surface area contributed by atoms with Gasteiger partial charge >= 0.3 is 0 Å². The molecular formula is C21H24N4O3. The van der Waals surface area contributed by atoms with Gasteiger partial charge < -0.3 is 14.5 Å². The summed E-state index contributed by atoms with van der Waals surface area (Å²) in [5.74, 6) is 1.28. The van der Waals surface area contributed by atoms with Crippen LogP contribution in [-0.2, 0) is 17.8 Å². The molecule has 0 radical (unpaired) electrons. The minimum Gasteiger partial charge on any atom is -0.496 e. The summed E-state index contributed by atoms with van der Waals surface area (Å²) >= 11 is 0. The number of benzene rings is 1. The largest absolute Gasteiger partial charge is 0.496 e. The highest BCUT2D eigenvalue weighted by Gasteiger charge is 2.34. The summed E-state index contributed by atoms with van der Waals surface area (Å²) in [5.41, 5.74) is 2.54. The number of para-hydroxylation sites is 1. The van der Waals surface area contributed by atoms with E-state index in [-0.39, 0.29) is 17.9 Å². The van der Waals surface area contributed by atoms with Crippen molar-refractivity contribution in [3.8, 4) is 5.75 Å². The van der Waals surface area contributed by atoms with Crippen molar-refractivity contribution in [1.29, 1.82) is 0 Å². The fraction of sp³-hybridized carbons (Fsp3) is 0.429. The van der Waals surface area contributed by atoms with Crippen LogP contribution in [0.5, 0.6) is 5.75 Å². The fourth-order valence-corrected chi connectivity index (χ4v) is 4.02. The number of carbonyl (C=O) groups excluding carboxylic acids is 2. The molecule has 2 aliphatic heterocycles. The van der Waals surface area contributed by atoms with Crippen LogP contribution in [0.2, 0.25) is 0 Å². The van der Waals surface area contributed by atoms with Crippen molar-refractivity contribution in [2.45, 2.75) is 38.8 Å². The predicted octanol–water partition coefficient (Wildman–Crippen LogP) is 2.37. The molecule has 1 fully saturated rings.